The molecule has 5 atom stereocenters. The third-order valence-electron chi connectivity index (χ3n) is 8.86. The molecule has 2 amide bonds. The van der Waals surface area contributed by atoms with E-state index in [0.717, 1.165) is 10.9 Å². The molecule has 4 aromatic rings. The van der Waals surface area contributed by atoms with Gasteiger partial charge in [-0.1, -0.05) is 36.4 Å². The molecule has 7 rings (SSSR count). The number of carbonyl (C=O) groups excluding carboxylic acids is 2. The minimum absolute atomic E-state index is 0.203. The second-order valence-electron chi connectivity index (χ2n) is 10.9. The molecule has 9 nitrogen and oxygen atoms in total. The van der Waals surface area contributed by atoms with Crippen LogP contribution >= 0.6 is 0 Å². The van der Waals surface area contributed by atoms with Gasteiger partial charge in [-0.3, -0.25) is 14.3 Å². The van der Waals surface area contributed by atoms with Crippen molar-refractivity contribution < 1.29 is 24.2 Å². The summed E-state index contributed by atoms with van der Waals surface area (Å²) in [4.78, 5) is 29.2. The summed E-state index contributed by atoms with van der Waals surface area (Å²) in [7, 11) is 1.85. The number of aromatic nitrogens is 2. The lowest BCUT2D eigenvalue weighted by molar-refractivity contribution is -0.134. The van der Waals surface area contributed by atoms with Crippen LogP contribution in [-0.2, 0) is 21.4 Å². The van der Waals surface area contributed by atoms with Gasteiger partial charge in [-0.05, 0) is 31.2 Å². The van der Waals surface area contributed by atoms with Crippen LogP contribution in [-0.4, -0.2) is 50.6 Å². The van der Waals surface area contributed by atoms with Gasteiger partial charge >= 0.3 is 0 Å². The number of imide groups is 1. The summed E-state index contributed by atoms with van der Waals surface area (Å²) in [6, 6.07) is 20.5. The summed E-state index contributed by atoms with van der Waals surface area (Å²) in [6.45, 7) is 1.93. The summed E-state index contributed by atoms with van der Waals surface area (Å²) in [5, 5.41) is 27.3. The van der Waals surface area contributed by atoms with Gasteiger partial charge in [0, 0.05) is 30.7 Å². The molecule has 39 heavy (non-hydrogen) atoms. The van der Waals surface area contributed by atoms with Crippen molar-refractivity contribution in [2.45, 2.75) is 37.1 Å². The monoisotopic (exact) mass is 522 g/mol. The highest BCUT2D eigenvalue weighted by atomic mass is 16.6. The van der Waals surface area contributed by atoms with Crippen LogP contribution < -0.4 is 9.64 Å². The number of aryl methyl sites for hydroxylation is 1. The molecule has 2 unspecified atom stereocenters. The van der Waals surface area contributed by atoms with Crippen LogP contribution in [0.15, 0.2) is 60.7 Å². The van der Waals surface area contributed by atoms with E-state index < -0.39 is 29.1 Å². The molecule has 3 aliphatic heterocycles. The average Bonchev–Trinajstić information content (AvgIpc) is 3.58. The maximum absolute atomic E-state index is 14.1. The van der Waals surface area contributed by atoms with E-state index in [1.165, 1.54) is 4.90 Å². The number of nitrogens with zero attached hydrogens (tertiary/aromatic N) is 4. The Bertz CT molecular complexity index is 1740. The molecule has 0 saturated carbocycles. The Morgan fingerprint density at radius 2 is 1.74 bits per heavy atom. The molecule has 3 saturated heterocycles. The number of carbonyl (C=O) groups is 2. The maximum Gasteiger partial charge on any atom is 0.240 e. The molecule has 0 radical (unpaired) electrons. The zero-order valence-electron chi connectivity index (χ0n) is 21.5. The van der Waals surface area contributed by atoms with Crippen LogP contribution in [0.4, 0.5) is 5.69 Å². The minimum Gasteiger partial charge on any atom is -0.476 e. The molecular formula is C30H26N4O5. The number of ether oxygens (including phenoxy) is 2. The molecule has 196 valence electrons. The van der Waals surface area contributed by atoms with Crippen LogP contribution in [0.3, 0.4) is 0 Å². The van der Waals surface area contributed by atoms with Crippen molar-refractivity contribution in [1.82, 2.24) is 9.78 Å². The van der Waals surface area contributed by atoms with E-state index in [9.17, 15) is 20.0 Å². The predicted molar refractivity (Wildman–Crippen MR) is 142 cm³/mol. The summed E-state index contributed by atoms with van der Waals surface area (Å²) in [5.74, 6) is -1.83. The standard InChI is InChI=1S/C30H26N4O5/c1-29-23(35)15-30(39-29,13-14-38-26-20-9-5-6-10-21(20)33(2)32-26)25-24(29)27(36)34(28(25)37)22-12-11-17(16-31)18-7-3-4-8-19(18)22/h3-12,23-25,35H,13-15H2,1-2H3/t23-,24-,25+,29?,30?/m1/s1. The minimum atomic E-state index is -1.19. The van der Waals surface area contributed by atoms with Gasteiger partial charge in [0.15, 0.2) is 0 Å². The van der Waals surface area contributed by atoms with Crippen molar-refractivity contribution in [3.8, 4) is 11.9 Å². The number of hydrogen-bond acceptors (Lipinski definition) is 7. The number of amides is 2. The molecule has 0 spiro atoms. The second-order valence-corrected chi connectivity index (χ2v) is 10.9. The van der Waals surface area contributed by atoms with E-state index in [-0.39, 0.29) is 24.8 Å². The van der Waals surface area contributed by atoms with Crippen molar-refractivity contribution in [1.29, 1.82) is 5.26 Å². The SMILES string of the molecule is Cn1nc(OCCC23C[C@@H](O)C(C)(O2)[C@H]2C(=O)N(c4ccc(C#N)c5ccccc45)C(=O)[C@H]23)c2ccccc21. The fourth-order valence-electron chi connectivity index (χ4n) is 7.05. The lowest BCUT2D eigenvalue weighted by Gasteiger charge is -2.33. The zero-order valence-corrected chi connectivity index (χ0v) is 21.5. The average molecular weight is 523 g/mol. The number of rotatable bonds is 5. The van der Waals surface area contributed by atoms with Gasteiger partial charge in [-0.2, -0.15) is 5.26 Å². The van der Waals surface area contributed by atoms with Crippen molar-refractivity contribution in [3.05, 3.63) is 66.2 Å². The van der Waals surface area contributed by atoms with Crippen molar-refractivity contribution in [2.24, 2.45) is 18.9 Å². The van der Waals surface area contributed by atoms with Crippen LogP contribution in [0.1, 0.15) is 25.3 Å². The lowest BCUT2D eigenvalue weighted by atomic mass is 9.66. The van der Waals surface area contributed by atoms with Gasteiger partial charge in [0.2, 0.25) is 17.7 Å². The normalized spacial score (nSPS) is 29.4. The fraction of sp³-hybridized carbons (Fsp3) is 0.333. The highest BCUT2D eigenvalue weighted by Gasteiger charge is 2.77. The van der Waals surface area contributed by atoms with E-state index >= 15 is 0 Å². The maximum atomic E-state index is 14.1. The van der Waals surface area contributed by atoms with Crippen LogP contribution in [0.2, 0.25) is 0 Å². The molecule has 1 N–H and O–H groups in total. The summed E-state index contributed by atoms with van der Waals surface area (Å²) < 4.78 is 14.3. The lowest BCUT2D eigenvalue weighted by Crippen LogP contribution is -2.49. The van der Waals surface area contributed by atoms with Gasteiger partial charge in [-0.25, -0.2) is 4.90 Å². The topological polar surface area (TPSA) is 118 Å². The molecule has 9 heteroatoms. The Morgan fingerprint density at radius 1 is 1.05 bits per heavy atom. The zero-order chi connectivity index (χ0) is 27.1. The fourth-order valence-corrected chi connectivity index (χ4v) is 7.05. The van der Waals surface area contributed by atoms with Crippen LogP contribution in [0, 0.1) is 23.2 Å². The number of para-hydroxylation sites is 1. The van der Waals surface area contributed by atoms with Crippen molar-refractivity contribution >= 4 is 39.2 Å². The number of nitriles is 1. The first-order chi connectivity index (χ1) is 18.8. The molecule has 1 aromatic heterocycles. The summed E-state index contributed by atoms with van der Waals surface area (Å²) >= 11 is 0. The molecule has 0 aliphatic carbocycles. The predicted octanol–water partition coefficient (Wildman–Crippen LogP) is 3.47. The van der Waals surface area contributed by atoms with Gasteiger partial charge in [-0.15, -0.1) is 5.10 Å². The van der Waals surface area contributed by atoms with Crippen LogP contribution in [0.5, 0.6) is 5.88 Å². The van der Waals surface area contributed by atoms with E-state index in [1.54, 1.807) is 29.8 Å². The Labute approximate surface area is 224 Å². The Hall–Kier alpha value is -4.26. The highest BCUT2D eigenvalue weighted by Crippen LogP contribution is 2.62. The van der Waals surface area contributed by atoms with Gasteiger partial charge in [0.25, 0.3) is 0 Å². The summed E-state index contributed by atoms with van der Waals surface area (Å²) in [6.07, 6.45) is -0.353. The second kappa shape index (κ2) is 8.12. The van der Waals surface area contributed by atoms with Gasteiger partial charge in [0.1, 0.15) is 5.60 Å². The number of benzene rings is 3. The highest BCUT2D eigenvalue weighted by molar-refractivity contribution is 6.26. The van der Waals surface area contributed by atoms with Crippen molar-refractivity contribution in [3.63, 3.8) is 0 Å². The number of fused-ring (bicyclic) bond motifs is 7. The molecule has 3 fully saturated rings. The smallest absolute Gasteiger partial charge is 0.240 e. The first-order valence-corrected chi connectivity index (χ1v) is 13.0. The van der Waals surface area contributed by atoms with E-state index in [2.05, 4.69) is 11.2 Å². The third-order valence-corrected chi connectivity index (χ3v) is 8.86. The largest absolute Gasteiger partial charge is 0.476 e. The Kier molecular flexibility index (Phi) is 4.96. The molecule has 4 heterocycles. The Balaban J connectivity index is 1.23. The quantitative estimate of drug-likeness (QED) is 0.399. The summed E-state index contributed by atoms with van der Waals surface area (Å²) in [5.41, 5.74) is -0.388. The third kappa shape index (κ3) is 3.10. The van der Waals surface area contributed by atoms with Crippen LogP contribution in [0.25, 0.3) is 21.7 Å². The molecule has 3 aliphatic rings. The van der Waals surface area contributed by atoms with E-state index in [1.807, 2.05) is 49.5 Å². The first kappa shape index (κ1) is 23.8. The molecule has 3 aromatic carbocycles. The number of anilines is 1. The molecule has 2 bridgehead atoms. The first-order valence-electron chi connectivity index (χ1n) is 13.0. The number of aliphatic hydroxyl groups excluding tert-OH is 1. The number of aliphatic hydroxyl groups is 1. The molecular weight excluding hydrogens is 496 g/mol. The van der Waals surface area contributed by atoms with Gasteiger partial charge < -0.3 is 14.6 Å². The van der Waals surface area contributed by atoms with E-state index in [4.69, 9.17) is 9.47 Å². The Morgan fingerprint density at radius 3 is 2.51 bits per heavy atom. The van der Waals surface area contributed by atoms with Gasteiger partial charge in [0.05, 0.1) is 58.4 Å². The van der Waals surface area contributed by atoms with E-state index in [0.29, 0.717) is 34.3 Å². The van der Waals surface area contributed by atoms with Crippen molar-refractivity contribution in [2.75, 3.05) is 11.5 Å². The number of hydrogen-bond donors (Lipinski definition) is 1.